The number of nitrogens with one attached hydrogen (secondary N) is 4. The fourth-order valence-corrected chi connectivity index (χ4v) is 4.15. The molecule has 2 aromatic heterocycles. The molecule has 2 amide bonds. The lowest BCUT2D eigenvalue weighted by atomic mass is 10.0. The van der Waals surface area contributed by atoms with E-state index < -0.39 is 23.8 Å². The second kappa shape index (κ2) is 10.1. The molecule has 0 spiro atoms. The Bertz CT molecular complexity index is 1380. The van der Waals surface area contributed by atoms with Crippen LogP contribution in [-0.2, 0) is 16.0 Å². The molecule has 174 valence electrons. The predicted molar refractivity (Wildman–Crippen MR) is 131 cm³/mol. The van der Waals surface area contributed by atoms with Crippen molar-refractivity contribution in [2.45, 2.75) is 12.5 Å². The van der Waals surface area contributed by atoms with Crippen LogP contribution >= 0.6 is 27.5 Å². The first-order valence-corrected chi connectivity index (χ1v) is 11.3. The summed E-state index contributed by atoms with van der Waals surface area (Å²) in [6, 6.07) is 13.2. The summed E-state index contributed by atoms with van der Waals surface area (Å²) < 4.78 is 5.11. The molecule has 2 heterocycles. The van der Waals surface area contributed by atoms with Crippen LogP contribution < -0.4 is 10.6 Å². The van der Waals surface area contributed by atoms with Crippen molar-refractivity contribution in [2.24, 2.45) is 0 Å². The van der Waals surface area contributed by atoms with Crippen LogP contribution in [0, 0.1) is 0 Å². The average Bonchev–Trinajstić information content (AvgIpc) is 3.41. The number of esters is 1. The Balaban J connectivity index is 1.51. The number of fused-ring (bicyclic) bond motifs is 1. The van der Waals surface area contributed by atoms with Gasteiger partial charge in [-0.2, -0.15) is 5.10 Å². The van der Waals surface area contributed by atoms with Gasteiger partial charge in [0.25, 0.3) is 11.8 Å². The Morgan fingerprint density at radius 3 is 2.62 bits per heavy atom. The van der Waals surface area contributed by atoms with Crippen LogP contribution in [0.3, 0.4) is 0 Å². The predicted octanol–water partition coefficient (Wildman–Crippen LogP) is 4.07. The third-order valence-electron chi connectivity index (χ3n) is 5.17. The molecule has 0 fully saturated rings. The van der Waals surface area contributed by atoms with Gasteiger partial charge in [-0.15, -0.1) is 0 Å². The van der Waals surface area contributed by atoms with E-state index in [2.05, 4.69) is 41.7 Å². The molecular formula is C23H19BrClN5O4. The number of anilines is 1. The second-order valence-electron chi connectivity index (χ2n) is 7.31. The van der Waals surface area contributed by atoms with Gasteiger partial charge in [-0.1, -0.05) is 41.9 Å². The standard InChI is InChI=1S/C23H19BrClN5O4/c1-34-23(33)17(10-12-11-26-16-9-5-3-6-13(12)16)27-22(32)19-18(24)20(30-29-19)28-21(31)14-7-2-4-8-15(14)25/h2-9,11,17,26H,10H2,1H3,(H,27,32)(H2,28,29,30,31)/t17-/m1/s1. The van der Waals surface area contributed by atoms with Crippen molar-refractivity contribution >= 4 is 62.0 Å². The maximum atomic E-state index is 12.9. The van der Waals surface area contributed by atoms with E-state index in [1.165, 1.54) is 7.11 Å². The molecule has 0 bridgehead atoms. The van der Waals surface area contributed by atoms with Crippen molar-refractivity contribution in [2.75, 3.05) is 12.4 Å². The number of hydrogen-bond acceptors (Lipinski definition) is 5. The number of para-hydroxylation sites is 1. The highest BCUT2D eigenvalue weighted by Crippen LogP contribution is 2.26. The Hall–Kier alpha value is -3.63. The van der Waals surface area contributed by atoms with Crippen molar-refractivity contribution < 1.29 is 19.1 Å². The van der Waals surface area contributed by atoms with Crippen LogP contribution in [0.5, 0.6) is 0 Å². The van der Waals surface area contributed by atoms with Crippen LogP contribution in [0.25, 0.3) is 10.9 Å². The van der Waals surface area contributed by atoms with Gasteiger partial charge >= 0.3 is 5.97 Å². The summed E-state index contributed by atoms with van der Waals surface area (Å²) in [5.74, 6) is -1.54. The SMILES string of the molecule is COC(=O)[C@@H](Cc1c[nH]c2ccccc12)NC(=O)c1n[nH]c(NC(=O)c2ccccc2Cl)c1Br. The third kappa shape index (κ3) is 4.82. The van der Waals surface area contributed by atoms with E-state index in [0.29, 0.717) is 0 Å². The summed E-state index contributed by atoms with van der Waals surface area (Å²) >= 11 is 9.35. The van der Waals surface area contributed by atoms with E-state index in [4.69, 9.17) is 16.3 Å². The van der Waals surface area contributed by atoms with Gasteiger partial charge in [0.1, 0.15) is 11.9 Å². The van der Waals surface area contributed by atoms with Crippen molar-refractivity contribution in [3.63, 3.8) is 0 Å². The molecule has 4 rings (SSSR count). The van der Waals surface area contributed by atoms with Gasteiger partial charge in [-0.05, 0) is 39.7 Å². The van der Waals surface area contributed by atoms with E-state index in [1.807, 2.05) is 24.3 Å². The molecule has 0 aliphatic heterocycles. The summed E-state index contributed by atoms with van der Waals surface area (Å²) in [4.78, 5) is 41.0. The van der Waals surface area contributed by atoms with Gasteiger partial charge in [-0.25, -0.2) is 4.79 Å². The van der Waals surface area contributed by atoms with Crippen molar-refractivity contribution in [1.29, 1.82) is 0 Å². The number of benzene rings is 2. The van der Waals surface area contributed by atoms with Crippen LogP contribution in [0.1, 0.15) is 26.4 Å². The summed E-state index contributed by atoms with van der Waals surface area (Å²) in [5, 5.41) is 13.1. The van der Waals surface area contributed by atoms with Crippen LogP contribution in [0.15, 0.2) is 59.2 Å². The monoisotopic (exact) mass is 543 g/mol. The fourth-order valence-electron chi connectivity index (χ4n) is 3.47. The number of carbonyl (C=O) groups is 3. The molecular weight excluding hydrogens is 526 g/mol. The lowest BCUT2D eigenvalue weighted by Gasteiger charge is -2.15. The zero-order valence-corrected chi connectivity index (χ0v) is 20.2. The van der Waals surface area contributed by atoms with E-state index in [1.54, 1.807) is 30.5 Å². The topological polar surface area (TPSA) is 129 Å². The summed E-state index contributed by atoms with van der Waals surface area (Å²) in [6.45, 7) is 0. The summed E-state index contributed by atoms with van der Waals surface area (Å²) in [5.41, 5.74) is 1.99. The number of nitrogens with zero attached hydrogens (tertiary/aromatic N) is 1. The molecule has 11 heteroatoms. The number of aromatic nitrogens is 3. The zero-order valence-electron chi connectivity index (χ0n) is 17.8. The molecule has 2 aromatic carbocycles. The minimum absolute atomic E-state index is 0.0395. The van der Waals surface area contributed by atoms with Gasteiger partial charge in [0.05, 0.1) is 22.2 Å². The summed E-state index contributed by atoms with van der Waals surface area (Å²) in [6.07, 6.45) is 2.00. The molecule has 34 heavy (non-hydrogen) atoms. The number of carbonyl (C=O) groups excluding carboxylic acids is 3. The first kappa shape index (κ1) is 23.5. The molecule has 0 saturated heterocycles. The number of hydrogen-bond donors (Lipinski definition) is 4. The molecule has 0 saturated carbocycles. The minimum atomic E-state index is -0.957. The number of ether oxygens (including phenoxy) is 1. The first-order chi connectivity index (χ1) is 16.4. The van der Waals surface area contributed by atoms with E-state index >= 15 is 0 Å². The highest BCUT2D eigenvalue weighted by molar-refractivity contribution is 9.10. The second-order valence-corrected chi connectivity index (χ2v) is 8.51. The number of methoxy groups -OCH3 is 1. The largest absolute Gasteiger partial charge is 0.467 e. The number of rotatable bonds is 7. The number of aromatic amines is 2. The molecule has 4 N–H and O–H groups in total. The minimum Gasteiger partial charge on any atom is -0.467 e. The highest BCUT2D eigenvalue weighted by Gasteiger charge is 2.27. The van der Waals surface area contributed by atoms with E-state index in [0.717, 1.165) is 16.5 Å². The van der Waals surface area contributed by atoms with Crippen LogP contribution in [0.4, 0.5) is 5.82 Å². The van der Waals surface area contributed by atoms with E-state index in [-0.39, 0.29) is 33.0 Å². The zero-order chi connectivity index (χ0) is 24.2. The van der Waals surface area contributed by atoms with Gasteiger partial charge in [-0.3, -0.25) is 14.7 Å². The number of halogens is 2. The molecule has 0 radical (unpaired) electrons. The lowest BCUT2D eigenvalue weighted by Crippen LogP contribution is -2.43. The quantitative estimate of drug-likeness (QED) is 0.261. The van der Waals surface area contributed by atoms with E-state index in [9.17, 15) is 14.4 Å². The average molecular weight is 545 g/mol. The van der Waals surface area contributed by atoms with Crippen molar-refractivity contribution in [3.05, 3.63) is 81.0 Å². The Kier molecular flexibility index (Phi) is 6.99. The molecule has 0 aliphatic rings. The van der Waals surface area contributed by atoms with Crippen LogP contribution in [-0.4, -0.2) is 46.1 Å². The van der Waals surface area contributed by atoms with Crippen molar-refractivity contribution in [1.82, 2.24) is 20.5 Å². The normalized spacial score (nSPS) is 11.7. The molecule has 0 aliphatic carbocycles. The molecule has 4 aromatic rings. The van der Waals surface area contributed by atoms with Gasteiger partial charge in [0, 0.05) is 23.5 Å². The molecule has 9 nitrogen and oxygen atoms in total. The highest BCUT2D eigenvalue weighted by atomic mass is 79.9. The number of amides is 2. The maximum Gasteiger partial charge on any atom is 0.328 e. The number of H-pyrrole nitrogens is 2. The first-order valence-electron chi connectivity index (χ1n) is 10.1. The maximum absolute atomic E-state index is 12.9. The van der Waals surface area contributed by atoms with Crippen LogP contribution in [0.2, 0.25) is 5.02 Å². The Morgan fingerprint density at radius 1 is 1.12 bits per heavy atom. The van der Waals surface area contributed by atoms with Crippen molar-refractivity contribution in [3.8, 4) is 0 Å². The third-order valence-corrected chi connectivity index (χ3v) is 6.27. The molecule has 1 atom stereocenters. The smallest absolute Gasteiger partial charge is 0.328 e. The fraction of sp³-hybridized carbons (Fsp3) is 0.130. The molecule has 0 unspecified atom stereocenters. The van der Waals surface area contributed by atoms with Gasteiger partial charge in [0.2, 0.25) is 0 Å². The van der Waals surface area contributed by atoms with Gasteiger partial charge < -0.3 is 20.4 Å². The Morgan fingerprint density at radius 2 is 1.85 bits per heavy atom. The van der Waals surface area contributed by atoms with Gasteiger partial charge in [0.15, 0.2) is 5.69 Å². The lowest BCUT2D eigenvalue weighted by molar-refractivity contribution is -0.142. The summed E-state index contributed by atoms with van der Waals surface area (Å²) in [7, 11) is 1.25. The Labute approximate surface area is 207 Å².